The molecule has 12 heteroatoms. The lowest BCUT2D eigenvalue weighted by Gasteiger charge is -2.36. The molecule has 3 aliphatic rings. The molecule has 3 aromatic rings. The summed E-state index contributed by atoms with van der Waals surface area (Å²) in [5.74, 6) is -4.02. The predicted octanol–water partition coefficient (Wildman–Crippen LogP) is 4.20. The maximum atomic E-state index is 14.4. The number of carbonyl (C=O) groups excluding carboxylic acids is 3. The third-order valence-electron chi connectivity index (χ3n) is 9.36. The highest BCUT2D eigenvalue weighted by atomic mass is 16.6. The Bertz CT molecular complexity index is 1820. The standard InChI is InChI=1S/C37H42N4O8/c1-35(2,3)49-32(43)27-14-10-6-9-13-23-19-36(23,34(45)46)40-33(44)37(38)20-25(21-41(37)31(27)42)48-30-18-28(22-11-7-5-8-12-22)39-29-17-24(47-4)15-16-26(29)30/h5,7-9,11-13,15-18,23,25,27H,6,10,14,19-21,38H2,1-4H3,(H,40,44)(H,45,46)/b13-9-/t23-,25-,27+,36-,37+/m1/s1. The molecular weight excluding hydrogens is 628 g/mol. The topological polar surface area (TPSA) is 170 Å². The first-order chi connectivity index (χ1) is 23.2. The van der Waals surface area contributed by atoms with E-state index in [2.05, 4.69) is 5.32 Å². The van der Waals surface area contributed by atoms with Crippen LogP contribution in [-0.2, 0) is 23.9 Å². The highest BCUT2D eigenvalue weighted by molar-refractivity contribution is 6.02. The molecule has 0 bridgehead atoms. The van der Waals surface area contributed by atoms with Crippen LogP contribution in [0.1, 0.15) is 52.9 Å². The minimum Gasteiger partial charge on any atom is -0.497 e. The number of nitrogens with zero attached hydrogens (tertiary/aromatic N) is 2. The number of carbonyl (C=O) groups is 4. The van der Waals surface area contributed by atoms with Crippen molar-refractivity contribution in [1.82, 2.24) is 15.2 Å². The molecule has 3 heterocycles. The SMILES string of the molecule is COc1ccc2c(O[C@H]3CN4C(=O)[C@@H](C(=O)OC(C)(C)C)CCC/C=C\[C@@H]5C[C@@]5(C(=O)O)NC(=O)[C@]4(N)C3)cc(-c3ccccc3)nc2c1. The van der Waals surface area contributed by atoms with Crippen LogP contribution in [0.4, 0.5) is 0 Å². The molecule has 2 aromatic carbocycles. The molecule has 2 amide bonds. The summed E-state index contributed by atoms with van der Waals surface area (Å²) < 4.78 is 17.7. The number of hydrogen-bond acceptors (Lipinski definition) is 9. The highest BCUT2D eigenvalue weighted by Gasteiger charge is 2.63. The molecule has 5 atom stereocenters. The molecule has 0 unspecified atom stereocenters. The quantitative estimate of drug-likeness (QED) is 0.196. The van der Waals surface area contributed by atoms with Gasteiger partial charge in [-0.2, -0.15) is 0 Å². The van der Waals surface area contributed by atoms with Gasteiger partial charge >= 0.3 is 11.9 Å². The minimum atomic E-state index is -2.02. The predicted molar refractivity (Wildman–Crippen MR) is 180 cm³/mol. The van der Waals surface area contributed by atoms with Crippen LogP contribution < -0.4 is 20.5 Å². The average molecular weight is 671 g/mol. The number of methoxy groups -OCH3 is 1. The number of pyridine rings is 1. The number of allylic oxidation sites excluding steroid dienone is 1. The molecule has 2 aliphatic heterocycles. The summed E-state index contributed by atoms with van der Waals surface area (Å²) in [5.41, 5.74) is 4.54. The van der Waals surface area contributed by atoms with Crippen molar-refractivity contribution in [2.24, 2.45) is 17.6 Å². The van der Waals surface area contributed by atoms with Crippen LogP contribution >= 0.6 is 0 Å². The van der Waals surface area contributed by atoms with Gasteiger partial charge in [0.2, 0.25) is 5.91 Å². The Hall–Kier alpha value is -4.97. The van der Waals surface area contributed by atoms with Crippen LogP contribution in [-0.4, -0.2) is 75.3 Å². The summed E-state index contributed by atoms with van der Waals surface area (Å²) >= 11 is 0. The number of amides is 2. The largest absolute Gasteiger partial charge is 0.497 e. The summed E-state index contributed by atoms with van der Waals surface area (Å²) in [6.45, 7) is 5.01. The fourth-order valence-electron chi connectivity index (χ4n) is 6.68. The maximum Gasteiger partial charge on any atom is 0.330 e. The van der Waals surface area contributed by atoms with E-state index in [1.165, 1.54) is 4.90 Å². The lowest BCUT2D eigenvalue weighted by Crippen LogP contribution is -2.67. The van der Waals surface area contributed by atoms with Crippen molar-refractivity contribution >= 4 is 34.7 Å². The lowest BCUT2D eigenvalue weighted by molar-refractivity contribution is -0.167. The number of aromatic nitrogens is 1. The molecule has 1 aromatic heterocycles. The minimum absolute atomic E-state index is 0.134. The summed E-state index contributed by atoms with van der Waals surface area (Å²) in [6, 6.07) is 16.7. The number of benzene rings is 2. The fraction of sp³-hybridized carbons (Fsp3) is 0.432. The molecule has 0 radical (unpaired) electrons. The second-order valence-corrected chi connectivity index (χ2v) is 14.1. The van der Waals surface area contributed by atoms with Crippen molar-refractivity contribution in [3.8, 4) is 22.8 Å². The van der Waals surface area contributed by atoms with Crippen LogP contribution in [0.5, 0.6) is 11.5 Å². The number of fused-ring (bicyclic) bond motifs is 3. The van der Waals surface area contributed by atoms with Crippen molar-refractivity contribution in [2.75, 3.05) is 13.7 Å². The van der Waals surface area contributed by atoms with Gasteiger partial charge in [-0.05, 0) is 58.6 Å². The monoisotopic (exact) mass is 670 g/mol. The van der Waals surface area contributed by atoms with Crippen molar-refractivity contribution in [2.45, 2.75) is 75.8 Å². The fourth-order valence-corrected chi connectivity index (χ4v) is 6.68. The van der Waals surface area contributed by atoms with Crippen LogP contribution in [0.3, 0.4) is 0 Å². The van der Waals surface area contributed by atoms with Gasteiger partial charge in [0.25, 0.3) is 5.91 Å². The van der Waals surface area contributed by atoms with Crippen molar-refractivity contribution in [3.05, 3.63) is 66.7 Å². The molecule has 0 spiro atoms. The first kappa shape index (κ1) is 33.9. The number of aliphatic carboxylic acids is 1. The van der Waals surface area contributed by atoms with Crippen LogP contribution in [0, 0.1) is 11.8 Å². The molecular formula is C37H42N4O8. The van der Waals surface area contributed by atoms with E-state index in [1.54, 1.807) is 52.2 Å². The lowest BCUT2D eigenvalue weighted by atomic mass is 9.97. The third-order valence-corrected chi connectivity index (χ3v) is 9.36. The van der Waals surface area contributed by atoms with Crippen LogP contribution in [0.25, 0.3) is 22.2 Å². The van der Waals surface area contributed by atoms with E-state index in [1.807, 2.05) is 42.5 Å². The third kappa shape index (κ3) is 6.69. The van der Waals surface area contributed by atoms with Gasteiger partial charge in [0.15, 0.2) is 5.66 Å². The normalized spacial score (nSPS) is 27.8. The van der Waals surface area contributed by atoms with E-state index in [9.17, 15) is 24.3 Å². The van der Waals surface area contributed by atoms with Gasteiger partial charge in [0.1, 0.15) is 34.7 Å². The first-order valence-corrected chi connectivity index (χ1v) is 16.5. The average Bonchev–Trinajstić information content (AvgIpc) is 3.65. The Morgan fingerprint density at radius 1 is 1.08 bits per heavy atom. The van der Waals surface area contributed by atoms with Gasteiger partial charge in [0, 0.05) is 35.4 Å². The number of carboxylic acids is 1. The molecule has 258 valence electrons. The second-order valence-electron chi connectivity index (χ2n) is 14.1. The van der Waals surface area contributed by atoms with Gasteiger partial charge in [-0.3, -0.25) is 14.4 Å². The number of nitrogens with one attached hydrogen (secondary N) is 1. The molecule has 1 saturated heterocycles. The van der Waals surface area contributed by atoms with Gasteiger partial charge in [0.05, 0.1) is 24.9 Å². The second kappa shape index (κ2) is 12.8. The summed E-state index contributed by atoms with van der Waals surface area (Å²) in [6.07, 6.45) is 3.95. The Morgan fingerprint density at radius 2 is 1.84 bits per heavy atom. The maximum absolute atomic E-state index is 14.4. The molecule has 1 aliphatic carbocycles. The van der Waals surface area contributed by atoms with E-state index < -0.39 is 58.5 Å². The van der Waals surface area contributed by atoms with E-state index in [0.717, 1.165) is 5.56 Å². The van der Waals surface area contributed by atoms with Crippen LogP contribution in [0.2, 0.25) is 0 Å². The molecule has 2 fully saturated rings. The molecule has 12 nitrogen and oxygen atoms in total. The zero-order valence-electron chi connectivity index (χ0n) is 28.1. The Kier molecular flexibility index (Phi) is 8.87. The smallest absolute Gasteiger partial charge is 0.330 e. The number of ether oxygens (including phenoxy) is 3. The Balaban J connectivity index is 1.39. The summed E-state index contributed by atoms with van der Waals surface area (Å²) in [7, 11) is 1.57. The van der Waals surface area contributed by atoms with E-state index in [0.29, 0.717) is 40.9 Å². The molecule has 49 heavy (non-hydrogen) atoms. The zero-order valence-corrected chi connectivity index (χ0v) is 28.1. The van der Waals surface area contributed by atoms with Gasteiger partial charge in [-0.15, -0.1) is 0 Å². The summed E-state index contributed by atoms with van der Waals surface area (Å²) in [4.78, 5) is 60.4. The number of nitrogens with two attached hydrogens (primary N) is 1. The van der Waals surface area contributed by atoms with Gasteiger partial charge in [-0.25, -0.2) is 9.78 Å². The van der Waals surface area contributed by atoms with Crippen molar-refractivity contribution in [3.63, 3.8) is 0 Å². The zero-order chi connectivity index (χ0) is 35.1. The van der Waals surface area contributed by atoms with Gasteiger partial charge < -0.3 is 35.3 Å². The number of esters is 1. The molecule has 4 N–H and O–H groups in total. The summed E-state index contributed by atoms with van der Waals surface area (Å²) in [5, 5.41) is 13.5. The number of hydrogen-bond donors (Lipinski definition) is 3. The van der Waals surface area contributed by atoms with E-state index >= 15 is 0 Å². The van der Waals surface area contributed by atoms with E-state index in [4.69, 9.17) is 24.9 Å². The Morgan fingerprint density at radius 3 is 2.53 bits per heavy atom. The number of carboxylic acid groups (broad SMARTS) is 1. The van der Waals surface area contributed by atoms with Crippen molar-refractivity contribution < 1.29 is 38.5 Å². The van der Waals surface area contributed by atoms with E-state index in [-0.39, 0.29) is 25.8 Å². The first-order valence-electron chi connectivity index (χ1n) is 16.5. The Labute approximate surface area is 284 Å². The number of rotatable bonds is 6. The van der Waals surface area contributed by atoms with Crippen LogP contribution in [0.15, 0.2) is 66.7 Å². The highest BCUT2D eigenvalue weighted by Crippen LogP contribution is 2.46. The van der Waals surface area contributed by atoms with Gasteiger partial charge in [-0.1, -0.05) is 42.5 Å². The molecule has 6 rings (SSSR count). The van der Waals surface area contributed by atoms with Crippen molar-refractivity contribution in [1.29, 1.82) is 0 Å². The molecule has 1 saturated carbocycles.